The van der Waals surface area contributed by atoms with Crippen LogP contribution in [0.1, 0.15) is 56.4 Å². The Morgan fingerprint density at radius 1 is 1.06 bits per heavy atom. The maximum Gasteiger partial charge on any atom is 0.226 e. The lowest BCUT2D eigenvalue weighted by atomic mass is 9.95. The molecule has 7 rings (SSSR count). The van der Waals surface area contributed by atoms with Gasteiger partial charge in [0.1, 0.15) is 23.9 Å². The first kappa shape index (κ1) is 30.6. The van der Waals surface area contributed by atoms with Crippen LogP contribution in [0, 0.1) is 11.7 Å². The van der Waals surface area contributed by atoms with Crippen molar-refractivity contribution >= 4 is 28.1 Å². The van der Waals surface area contributed by atoms with Gasteiger partial charge < -0.3 is 15.0 Å². The maximum atomic E-state index is 15.0. The average Bonchev–Trinajstić information content (AvgIpc) is 3.81. The van der Waals surface area contributed by atoms with E-state index < -0.39 is 0 Å². The van der Waals surface area contributed by atoms with Gasteiger partial charge in [0.15, 0.2) is 0 Å². The number of pyridine rings is 1. The summed E-state index contributed by atoms with van der Waals surface area (Å²) >= 11 is 0. The zero-order chi connectivity index (χ0) is 32.5. The van der Waals surface area contributed by atoms with Crippen LogP contribution < -0.4 is 10.1 Å². The van der Waals surface area contributed by atoms with E-state index in [1.165, 1.54) is 18.9 Å². The second-order valence-electron chi connectivity index (χ2n) is 12.8. The van der Waals surface area contributed by atoms with Gasteiger partial charge in [-0.05, 0) is 79.0 Å². The molecule has 0 unspecified atom stereocenters. The van der Waals surface area contributed by atoms with Gasteiger partial charge in [0.25, 0.3) is 0 Å². The molecular formula is C38H39FN6O2. The number of hydrogen-bond acceptors (Lipinski definition) is 5. The second-order valence-corrected chi connectivity index (χ2v) is 12.8. The number of nitrogens with one attached hydrogen (secondary N) is 3. The van der Waals surface area contributed by atoms with Crippen LogP contribution in [0.5, 0.6) is 5.75 Å². The molecule has 4 heterocycles. The van der Waals surface area contributed by atoms with Crippen molar-refractivity contribution in [2.24, 2.45) is 5.92 Å². The number of hydrogen-bond donors (Lipinski definition) is 3. The Balaban J connectivity index is 1.20. The van der Waals surface area contributed by atoms with Gasteiger partial charge in [-0.15, -0.1) is 0 Å². The van der Waals surface area contributed by atoms with E-state index in [-0.39, 0.29) is 23.6 Å². The highest BCUT2D eigenvalue weighted by Crippen LogP contribution is 2.39. The lowest BCUT2D eigenvalue weighted by molar-refractivity contribution is -0.118. The molecule has 1 amide bonds. The van der Waals surface area contributed by atoms with E-state index in [1.807, 2.05) is 50.3 Å². The van der Waals surface area contributed by atoms with Gasteiger partial charge in [0.2, 0.25) is 5.91 Å². The summed E-state index contributed by atoms with van der Waals surface area (Å²) in [4.78, 5) is 22.7. The number of ether oxygens (including phenoxy) is 1. The number of carbonyl (C=O) groups excluding carboxylic acids is 1. The van der Waals surface area contributed by atoms with Crippen molar-refractivity contribution in [1.82, 2.24) is 25.1 Å². The molecule has 0 radical (unpaired) electrons. The molecular weight excluding hydrogens is 591 g/mol. The molecule has 9 heteroatoms. The number of nitrogens with zero attached hydrogens (tertiary/aromatic N) is 3. The van der Waals surface area contributed by atoms with Crippen LogP contribution >= 0.6 is 0 Å². The lowest BCUT2D eigenvalue weighted by Gasteiger charge is -2.16. The zero-order valence-corrected chi connectivity index (χ0v) is 26.9. The third-order valence-electron chi connectivity index (χ3n) is 9.00. The molecule has 1 saturated heterocycles. The van der Waals surface area contributed by atoms with Gasteiger partial charge in [-0.1, -0.05) is 45.1 Å². The Hall–Kier alpha value is -5.02. The third kappa shape index (κ3) is 6.49. The maximum absolute atomic E-state index is 15.0. The SMILES string of the molecule is CC(C)C(=O)Nc1cncc(-c2ccc3[nH]nc(-c4cc5c([nH]4)[C@H](C)C=CC=C5c4cc(F)cc(OCCN5CCCC5)c4)c3c2)c1. The quantitative estimate of drug-likeness (QED) is 0.154. The molecule has 240 valence electrons. The summed E-state index contributed by atoms with van der Waals surface area (Å²) in [6.07, 6.45) is 12.1. The predicted octanol–water partition coefficient (Wildman–Crippen LogP) is 7.93. The van der Waals surface area contributed by atoms with Crippen LogP contribution in [0.25, 0.3) is 39.0 Å². The number of amides is 1. The first-order valence-electron chi connectivity index (χ1n) is 16.3. The van der Waals surface area contributed by atoms with E-state index >= 15 is 0 Å². The van der Waals surface area contributed by atoms with Crippen LogP contribution in [0.4, 0.5) is 10.1 Å². The summed E-state index contributed by atoms with van der Waals surface area (Å²) in [5.41, 5.74) is 8.75. The fraction of sp³-hybridized carbons (Fsp3) is 0.289. The molecule has 1 fully saturated rings. The highest BCUT2D eigenvalue weighted by atomic mass is 19.1. The first-order chi connectivity index (χ1) is 22.8. The summed E-state index contributed by atoms with van der Waals surface area (Å²) in [6, 6.07) is 15.1. The number of benzene rings is 2. The van der Waals surface area contributed by atoms with Crippen molar-refractivity contribution < 1.29 is 13.9 Å². The molecule has 2 aliphatic rings. The van der Waals surface area contributed by atoms with Crippen LogP contribution in [-0.4, -0.2) is 57.2 Å². The van der Waals surface area contributed by atoms with Crippen molar-refractivity contribution in [3.05, 3.63) is 102 Å². The monoisotopic (exact) mass is 630 g/mol. The van der Waals surface area contributed by atoms with E-state index in [1.54, 1.807) is 18.5 Å². The Bertz CT molecular complexity index is 2000. The van der Waals surface area contributed by atoms with Gasteiger partial charge in [0.05, 0.1) is 23.1 Å². The van der Waals surface area contributed by atoms with Gasteiger partial charge in [-0.3, -0.25) is 19.8 Å². The zero-order valence-electron chi connectivity index (χ0n) is 26.9. The van der Waals surface area contributed by atoms with E-state index in [9.17, 15) is 9.18 Å². The largest absolute Gasteiger partial charge is 0.492 e. The molecule has 1 atom stereocenters. The van der Waals surface area contributed by atoms with Crippen LogP contribution in [-0.2, 0) is 4.79 Å². The first-order valence-corrected chi connectivity index (χ1v) is 16.3. The second kappa shape index (κ2) is 13.0. The summed E-state index contributed by atoms with van der Waals surface area (Å²) < 4.78 is 21.0. The summed E-state index contributed by atoms with van der Waals surface area (Å²) in [6.45, 7) is 9.43. The molecule has 2 aromatic carbocycles. The van der Waals surface area contributed by atoms with Crippen molar-refractivity contribution in [3.63, 3.8) is 0 Å². The van der Waals surface area contributed by atoms with Gasteiger partial charge in [0, 0.05) is 52.9 Å². The molecule has 8 nitrogen and oxygen atoms in total. The van der Waals surface area contributed by atoms with Crippen LogP contribution in [0.2, 0.25) is 0 Å². The molecule has 1 aliphatic carbocycles. The molecule has 1 aliphatic heterocycles. The number of carbonyl (C=O) groups is 1. The van der Waals surface area contributed by atoms with Crippen molar-refractivity contribution in [3.8, 4) is 28.3 Å². The third-order valence-corrected chi connectivity index (χ3v) is 9.00. The smallest absolute Gasteiger partial charge is 0.226 e. The van der Waals surface area contributed by atoms with E-state index in [4.69, 9.17) is 9.84 Å². The number of halogens is 1. The fourth-order valence-electron chi connectivity index (χ4n) is 6.39. The number of anilines is 1. The average molecular weight is 631 g/mol. The minimum absolute atomic E-state index is 0.0555. The normalized spacial score (nSPS) is 16.4. The summed E-state index contributed by atoms with van der Waals surface area (Å²) in [7, 11) is 0. The Kier molecular flexibility index (Phi) is 8.47. The molecule has 5 aromatic rings. The lowest BCUT2D eigenvalue weighted by Crippen LogP contribution is -2.25. The van der Waals surface area contributed by atoms with E-state index in [0.29, 0.717) is 18.0 Å². The number of fused-ring (bicyclic) bond motifs is 2. The Labute approximate surface area is 273 Å². The Morgan fingerprint density at radius 2 is 1.91 bits per heavy atom. The predicted molar refractivity (Wildman–Crippen MR) is 185 cm³/mol. The molecule has 3 N–H and O–H groups in total. The standard InChI is InChI=1S/C38H39FN6O2/c1-23(2)38(46)41-29-16-27(21-40-22-29)25-9-10-34-33(18-25)37(44-43-34)35-20-32-31(8-6-7-24(3)36(32)42-35)26-15-28(39)19-30(17-26)47-14-13-45-11-4-5-12-45/h6-10,15-24,42H,4-5,11-14H2,1-3H3,(H,41,46)(H,43,44)/t24-/m1/s1. The van der Waals surface area contributed by atoms with Crippen molar-refractivity contribution in [2.45, 2.75) is 39.5 Å². The highest BCUT2D eigenvalue weighted by molar-refractivity contribution is 5.97. The number of aromatic amines is 2. The van der Waals surface area contributed by atoms with E-state index in [2.05, 4.69) is 50.4 Å². The summed E-state index contributed by atoms with van der Waals surface area (Å²) in [5.74, 6) is 0.125. The molecule has 0 saturated carbocycles. The number of allylic oxidation sites excluding steroid dienone is 3. The van der Waals surface area contributed by atoms with Gasteiger partial charge in [-0.25, -0.2) is 4.39 Å². The van der Waals surface area contributed by atoms with Crippen molar-refractivity contribution in [2.75, 3.05) is 31.6 Å². The topological polar surface area (TPSA) is 98.9 Å². The molecule has 0 bridgehead atoms. The summed E-state index contributed by atoms with van der Waals surface area (Å²) in [5, 5.41) is 11.8. The number of H-pyrrole nitrogens is 2. The van der Waals surface area contributed by atoms with Gasteiger partial charge in [-0.2, -0.15) is 5.10 Å². The minimum Gasteiger partial charge on any atom is -0.492 e. The Morgan fingerprint density at radius 3 is 2.74 bits per heavy atom. The fourth-order valence-corrected chi connectivity index (χ4v) is 6.39. The minimum atomic E-state index is -0.327. The van der Waals surface area contributed by atoms with Crippen molar-refractivity contribution in [1.29, 1.82) is 0 Å². The number of rotatable bonds is 9. The molecule has 0 spiro atoms. The van der Waals surface area contributed by atoms with Crippen LogP contribution in [0.15, 0.2) is 79.2 Å². The molecule has 47 heavy (non-hydrogen) atoms. The van der Waals surface area contributed by atoms with Gasteiger partial charge >= 0.3 is 0 Å². The number of aromatic nitrogens is 4. The number of likely N-dealkylation sites (tertiary alicyclic amines) is 1. The highest BCUT2D eigenvalue weighted by Gasteiger charge is 2.23. The van der Waals surface area contributed by atoms with E-state index in [0.717, 1.165) is 75.4 Å². The van der Waals surface area contributed by atoms with Crippen LogP contribution in [0.3, 0.4) is 0 Å². The molecule has 3 aromatic heterocycles.